The predicted molar refractivity (Wildman–Crippen MR) is 115 cm³/mol. The lowest BCUT2D eigenvalue weighted by Crippen LogP contribution is -2.18. The minimum absolute atomic E-state index is 0.776. The van der Waals surface area contributed by atoms with Crippen molar-refractivity contribution in [2.24, 2.45) is 23.7 Å². The van der Waals surface area contributed by atoms with E-state index in [1.807, 2.05) is 12.1 Å². The van der Waals surface area contributed by atoms with Crippen LogP contribution in [0.15, 0.2) is 24.3 Å². The van der Waals surface area contributed by atoms with Crippen LogP contribution in [0.5, 0.6) is 0 Å². The lowest BCUT2D eigenvalue weighted by molar-refractivity contribution is 0.209. The smallest absolute Gasteiger partial charge is 0.0991 e. The molecule has 2 fully saturated rings. The molecule has 0 radical (unpaired) electrons. The van der Waals surface area contributed by atoms with Crippen molar-refractivity contribution < 1.29 is 0 Å². The quantitative estimate of drug-likeness (QED) is 0.463. The SMILES string of the molecule is CCC[C@H]1CC[C@H](CC[C@H]2CC[C@H](CCc3ccc(C#N)cc3)CC2)CC1. The standard InChI is InChI=1S/C26H39N/c1-2-3-21-4-6-22(7-5-21)8-9-23-10-12-24(13-11-23)14-15-25-16-18-26(20-27)19-17-25/h16-19,21-24H,2-15H2,1H3/t21-,22-,23-,24-. The van der Waals surface area contributed by atoms with E-state index in [-0.39, 0.29) is 0 Å². The van der Waals surface area contributed by atoms with Crippen LogP contribution in [0.25, 0.3) is 0 Å². The maximum absolute atomic E-state index is 8.90. The Hall–Kier alpha value is -1.29. The zero-order valence-corrected chi connectivity index (χ0v) is 17.5. The van der Waals surface area contributed by atoms with Crippen molar-refractivity contribution in [3.63, 3.8) is 0 Å². The molecule has 0 atom stereocenters. The van der Waals surface area contributed by atoms with E-state index in [1.165, 1.54) is 95.5 Å². The maximum Gasteiger partial charge on any atom is 0.0991 e. The average Bonchev–Trinajstić information content (AvgIpc) is 2.73. The summed E-state index contributed by atoms with van der Waals surface area (Å²) in [6.45, 7) is 2.34. The number of hydrogen-bond acceptors (Lipinski definition) is 1. The third-order valence-electron chi connectivity index (χ3n) is 7.54. The largest absolute Gasteiger partial charge is 0.192 e. The van der Waals surface area contributed by atoms with Crippen molar-refractivity contribution in [3.05, 3.63) is 35.4 Å². The maximum atomic E-state index is 8.90. The van der Waals surface area contributed by atoms with E-state index in [0.717, 1.165) is 29.2 Å². The Kier molecular flexibility index (Phi) is 8.25. The second-order valence-corrected chi connectivity index (χ2v) is 9.49. The molecular formula is C26H39N. The molecule has 27 heavy (non-hydrogen) atoms. The van der Waals surface area contributed by atoms with Crippen LogP contribution >= 0.6 is 0 Å². The van der Waals surface area contributed by atoms with Crippen LogP contribution in [0.1, 0.15) is 102 Å². The van der Waals surface area contributed by atoms with Crippen LogP contribution in [0.3, 0.4) is 0 Å². The number of nitrogens with zero attached hydrogens (tertiary/aromatic N) is 1. The summed E-state index contributed by atoms with van der Waals surface area (Å²) in [4.78, 5) is 0. The van der Waals surface area contributed by atoms with E-state index in [4.69, 9.17) is 5.26 Å². The molecule has 1 heteroatoms. The molecule has 0 N–H and O–H groups in total. The normalized spacial score (nSPS) is 28.6. The number of benzene rings is 1. The van der Waals surface area contributed by atoms with Gasteiger partial charge in [0.15, 0.2) is 0 Å². The van der Waals surface area contributed by atoms with Gasteiger partial charge in [-0.1, -0.05) is 96.1 Å². The minimum atomic E-state index is 0.776. The van der Waals surface area contributed by atoms with Gasteiger partial charge in [-0.05, 0) is 54.2 Å². The fourth-order valence-electron chi connectivity index (χ4n) is 5.61. The molecule has 0 saturated heterocycles. The summed E-state index contributed by atoms with van der Waals surface area (Å²) in [5.74, 6) is 4.05. The summed E-state index contributed by atoms with van der Waals surface area (Å²) in [7, 11) is 0. The summed E-state index contributed by atoms with van der Waals surface area (Å²) in [6.07, 6.45) is 20.3. The van der Waals surface area contributed by atoms with Gasteiger partial charge in [0, 0.05) is 0 Å². The topological polar surface area (TPSA) is 23.8 Å². The number of aryl methyl sites for hydroxylation is 1. The summed E-state index contributed by atoms with van der Waals surface area (Å²) >= 11 is 0. The van der Waals surface area contributed by atoms with Gasteiger partial charge >= 0.3 is 0 Å². The molecule has 0 bridgehead atoms. The molecule has 2 saturated carbocycles. The van der Waals surface area contributed by atoms with Gasteiger partial charge in [0.25, 0.3) is 0 Å². The lowest BCUT2D eigenvalue weighted by atomic mass is 9.74. The third kappa shape index (κ3) is 6.67. The van der Waals surface area contributed by atoms with Gasteiger partial charge in [0.1, 0.15) is 0 Å². The minimum Gasteiger partial charge on any atom is -0.192 e. The summed E-state index contributed by atoms with van der Waals surface area (Å²) in [5, 5.41) is 8.90. The lowest BCUT2D eigenvalue weighted by Gasteiger charge is -2.32. The summed E-state index contributed by atoms with van der Waals surface area (Å²) < 4.78 is 0. The van der Waals surface area contributed by atoms with E-state index >= 15 is 0 Å². The molecule has 1 nitrogen and oxygen atoms in total. The zero-order chi connectivity index (χ0) is 18.9. The van der Waals surface area contributed by atoms with E-state index in [9.17, 15) is 0 Å². The fourth-order valence-corrected chi connectivity index (χ4v) is 5.61. The molecule has 1 aromatic carbocycles. The Labute approximate surface area is 167 Å². The Morgan fingerprint density at radius 2 is 1.15 bits per heavy atom. The van der Waals surface area contributed by atoms with E-state index in [0.29, 0.717) is 0 Å². The van der Waals surface area contributed by atoms with Crippen LogP contribution in [0.2, 0.25) is 0 Å². The molecule has 2 aliphatic carbocycles. The highest BCUT2D eigenvalue weighted by molar-refractivity contribution is 5.31. The molecule has 0 heterocycles. The first kappa shape index (κ1) is 20.4. The van der Waals surface area contributed by atoms with E-state index < -0.39 is 0 Å². The molecule has 0 spiro atoms. The number of rotatable bonds is 8. The van der Waals surface area contributed by atoms with Crippen molar-refractivity contribution >= 4 is 0 Å². The monoisotopic (exact) mass is 365 g/mol. The van der Waals surface area contributed by atoms with Gasteiger partial charge in [-0.3, -0.25) is 0 Å². The molecule has 0 aliphatic heterocycles. The van der Waals surface area contributed by atoms with Crippen molar-refractivity contribution in [3.8, 4) is 6.07 Å². The summed E-state index contributed by atoms with van der Waals surface area (Å²) in [5.41, 5.74) is 2.17. The number of hydrogen-bond donors (Lipinski definition) is 0. The molecule has 0 amide bonds. The van der Waals surface area contributed by atoms with Crippen LogP contribution in [0, 0.1) is 35.0 Å². The molecular weight excluding hydrogens is 326 g/mol. The molecule has 148 valence electrons. The highest BCUT2D eigenvalue weighted by Gasteiger charge is 2.24. The van der Waals surface area contributed by atoms with Crippen LogP contribution in [-0.4, -0.2) is 0 Å². The number of nitriles is 1. The van der Waals surface area contributed by atoms with Crippen LogP contribution in [-0.2, 0) is 6.42 Å². The average molecular weight is 366 g/mol. The van der Waals surface area contributed by atoms with Crippen LogP contribution < -0.4 is 0 Å². The highest BCUT2D eigenvalue weighted by Crippen LogP contribution is 2.38. The van der Waals surface area contributed by atoms with Gasteiger partial charge in [-0.15, -0.1) is 0 Å². The van der Waals surface area contributed by atoms with Gasteiger partial charge in [-0.25, -0.2) is 0 Å². The van der Waals surface area contributed by atoms with E-state index in [1.54, 1.807) is 0 Å². The van der Waals surface area contributed by atoms with Crippen molar-refractivity contribution in [1.29, 1.82) is 5.26 Å². The first-order chi connectivity index (χ1) is 13.3. The second kappa shape index (κ2) is 10.9. The summed E-state index contributed by atoms with van der Waals surface area (Å²) in [6, 6.07) is 10.4. The van der Waals surface area contributed by atoms with Gasteiger partial charge in [0.2, 0.25) is 0 Å². The molecule has 0 aromatic heterocycles. The predicted octanol–water partition coefficient (Wildman–Crippen LogP) is 7.68. The Bertz CT molecular complexity index is 565. The first-order valence-electron chi connectivity index (χ1n) is 11.8. The van der Waals surface area contributed by atoms with Crippen LogP contribution in [0.4, 0.5) is 0 Å². The van der Waals surface area contributed by atoms with Crippen molar-refractivity contribution in [2.75, 3.05) is 0 Å². The van der Waals surface area contributed by atoms with Gasteiger partial charge < -0.3 is 0 Å². The Morgan fingerprint density at radius 1 is 0.704 bits per heavy atom. The molecule has 3 rings (SSSR count). The highest BCUT2D eigenvalue weighted by atomic mass is 14.3. The van der Waals surface area contributed by atoms with Gasteiger partial charge in [0.05, 0.1) is 11.6 Å². The van der Waals surface area contributed by atoms with E-state index in [2.05, 4.69) is 25.1 Å². The van der Waals surface area contributed by atoms with Crippen molar-refractivity contribution in [1.82, 2.24) is 0 Å². The Balaban J connectivity index is 1.28. The molecule has 1 aromatic rings. The van der Waals surface area contributed by atoms with Gasteiger partial charge in [-0.2, -0.15) is 5.26 Å². The first-order valence-corrected chi connectivity index (χ1v) is 11.8. The second-order valence-electron chi connectivity index (χ2n) is 9.49. The Morgan fingerprint density at radius 3 is 1.59 bits per heavy atom. The zero-order valence-electron chi connectivity index (χ0n) is 17.5. The molecule has 0 unspecified atom stereocenters. The third-order valence-corrected chi connectivity index (χ3v) is 7.54. The molecule has 2 aliphatic rings. The van der Waals surface area contributed by atoms with Crippen molar-refractivity contribution in [2.45, 2.75) is 96.8 Å². The fraction of sp³-hybridized carbons (Fsp3) is 0.731.